The average Bonchev–Trinajstić information content (AvgIpc) is 3.16. The van der Waals surface area contributed by atoms with Gasteiger partial charge < -0.3 is 19.1 Å². The van der Waals surface area contributed by atoms with Crippen LogP contribution in [0.4, 0.5) is 0 Å². The predicted molar refractivity (Wildman–Crippen MR) is 223 cm³/mol. The molecule has 5 aromatic rings. The van der Waals surface area contributed by atoms with Crippen LogP contribution in [0.3, 0.4) is 0 Å². The summed E-state index contributed by atoms with van der Waals surface area (Å²) in [4.78, 5) is 22.0. The third kappa shape index (κ3) is 11.2. The molecule has 1 amide bonds. The van der Waals surface area contributed by atoms with E-state index >= 15 is 0 Å². The number of hydrogen-bond donors (Lipinski definition) is 0. The second kappa shape index (κ2) is 19.1. The number of benzene rings is 4. The Kier molecular flexibility index (Phi) is 14.3. The topological polar surface area (TPSA) is 64.1 Å². The molecule has 6 rings (SSSR count). The highest BCUT2D eigenvalue weighted by atomic mass is 79.9. The summed E-state index contributed by atoms with van der Waals surface area (Å²) in [6.07, 6.45) is 3.35. The number of carbonyl (C=O) groups excluding carboxylic acids is 1. The minimum atomic E-state index is 0. The monoisotopic (exact) mass is 809 g/mol. The predicted octanol–water partition coefficient (Wildman–Crippen LogP) is 10.8. The van der Waals surface area contributed by atoms with Gasteiger partial charge in [0.2, 0.25) is 11.8 Å². The van der Waals surface area contributed by atoms with Crippen molar-refractivity contribution in [3.05, 3.63) is 153 Å². The van der Waals surface area contributed by atoms with Crippen molar-refractivity contribution >= 4 is 40.1 Å². The molecule has 1 aliphatic rings. The zero-order chi connectivity index (χ0) is 37.3. The van der Waals surface area contributed by atoms with Crippen molar-refractivity contribution in [3.8, 4) is 23.1 Å². The molecule has 0 spiro atoms. The molecule has 0 saturated carbocycles. The Bertz CT molecular complexity index is 1980. The van der Waals surface area contributed by atoms with E-state index in [9.17, 15) is 4.79 Å². The first-order valence-electron chi connectivity index (χ1n) is 18.2. The number of hydrogen-bond acceptors (Lipinski definition) is 6. The smallest absolute Gasteiger partial charge is 0.246 e. The maximum Gasteiger partial charge on any atom is 0.246 e. The van der Waals surface area contributed by atoms with Crippen molar-refractivity contribution in [2.24, 2.45) is 0 Å². The molecule has 0 atom stereocenters. The van der Waals surface area contributed by atoms with Gasteiger partial charge in [-0.2, -0.15) is 0 Å². The first-order valence-corrected chi connectivity index (χ1v) is 18.6. The first kappa shape index (κ1) is 40.6. The van der Waals surface area contributed by atoms with Crippen LogP contribution >= 0.6 is 28.6 Å². The van der Waals surface area contributed by atoms with Gasteiger partial charge in [-0.15, -0.1) is 17.0 Å². The quantitative estimate of drug-likeness (QED) is 0.110. The number of amides is 1. The van der Waals surface area contributed by atoms with Crippen molar-refractivity contribution in [2.45, 2.75) is 60.3 Å². The van der Waals surface area contributed by atoms with Crippen LogP contribution in [0.1, 0.15) is 65.6 Å². The zero-order valence-electron chi connectivity index (χ0n) is 31.7. The minimum Gasteiger partial charge on any atom is -0.489 e. The number of allylic oxidation sites excluding steroid dienone is 1. The fraction of sp³-hybridized carbons (Fsp3) is 0.289. The van der Waals surface area contributed by atoms with Gasteiger partial charge in [0.05, 0.1) is 11.2 Å². The molecule has 0 radical (unpaired) electrons. The Hall–Kier alpha value is -4.63. The van der Waals surface area contributed by atoms with Gasteiger partial charge in [0, 0.05) is 44.9 Å². The van der Waals surface area contributed by atoms with Crippen LogP contribution in [0, 0.1) is 13.8 Å². The Morgan fingerprint density at radius 2 is 1.39 bits per heavy atom. The van der Waals surface area contributed by atoms with Crippen molar-refractivity contribution in [1.82, 2.24) is 14.8 Å². The molecule has 0 bridgehead atoms. The molecule has 1 aliphatic heterocycles. The van der Waals surface area contributed by atoms with Crippen LogP contribution in [-0.4, -0.2) is 46.9 Å². The third-order valence-corrected chi connectivity index (χ3v) is 9.81. The summed E-state index contributed by atoms with van der Waals surface area (Å²) < 4.78 is 17.9. The first-order chi connectivity index (χ1) is 25.6. The Morgan fingerprint density at radius 1 is 0.796 bits per heavy atom. The van der Waals surface area contributed by atoms with Crippen molar-refractivity contribution in [3.63, 3.8) is 0 Å². The summed E-state index contributed by atoms with van der Waals surface area (Å²) in [5.74, 6) is 2.99. The number of aryl methyl sites for hydroxylation is 2. The molecule has 0 unspecified atom stereocenters. The van der Waals surface area contributed by atoms with Crippen LogP contribution in [0.2, 0.25) is 5.02 Å². The van der Waals surface area contributed by atoms with Crippen LogP contribution in [0.5, 0.6) is 23.1 Å². The fourth-order valence-corrected chi connectivity index (χ4v) is 6.46. The van der Waals surface area contributed by atoms with Gasteiger partial charge in [0.1, 0.15) is 24.7 Å². The summed E-state index contributed by atoms with van der Waals surface area (Å²) >= 11 is 6.71. The van der Waals surface area contributed by atoms with Gasteiger partial charge in [0.25, 0.3) is 0 Å². The molecular weight excluding hydrogens is 762 g/mol. The zero-order valence-corrected chi connectivity index (χ0v) is 34.1. The molecule has 1 saturated heterocycles. The minimum absolute atomic E-state index is 0. The second-order valence-electron chi connectivity index (χ2n) is 14.1. The van der Waals surface area contributed by atoms with E-state index in [2.05, 4.69) is 91.3 Å². The lowest BCUT2D eigenvalue weighted by atomic mass is 10.0. The maximum absolute atomic E-state index is 13.3. The van der Waals surface area contributed by atoms with Gasteiger partial charge in [-0.1, -0.05) is 91.7 Å². The lowest BCUT2D eigenvalue weighted by Crippen LogP contribution is -2.47. The second-order valence-corrected chi connectivity index (χ2v) is 14.5. The number of rotatable bonds is 13. The van der Waals surface area contributed by atoms with Crippen LogP contribution in [-0.2, 0) is 24.6 Å². The lowest BCUT2D eigenvalue weighted by Gasteiger charge is -2.34. The van der Waals surface area contributed by atoms with Gasteiger partial charge in [0.15, 0.2) is 5.75 Å². The molecule has 0 N–H and O–H groups in total. The van der Waals surface area contributed by atoms with Crippen molar-refractivity contribution in [1.29, 1.82) is 0 Å². The number of ether oxygens (including phenoxy) is 3. The van der Waals surface area contributed by atoms with Crippen molar-refractivity contribution in [2.75, 3.05) is 26.2 Å². The third-order valence-electron chi connectivity index (χ3n) is 9.53. The summed E-state index contributed by atoms with van der Waals surface area (Å²) in [6, 6.07) is 32.6. The number of carbonyl (C=O) groups is 1. The van der Waals surface area contributed by atoms with Gasteiger partial charge in [-0.3, -0.25) is 9.69 Å². The number of pyridine rings is 1. The van der Waals surface area contributed by atoms with E-state index in [-0.39, 0.29) is 22.9 Å². The molecule has 1 aromatic heterocycles. The van der Waals surface area contributed by atoms with Crippen molar-refractivity contribution < 1.29 is 19.0 Å². The molecule has 2 heterocycles. The highest BCUT2D eigenvalue weighted by Gasteiger charge is 2.21. The maximum atomic E-state index is 13.3. The summed E-state index contributed by atoms with van der Waals surface area (Å²) in [5.41, 5.74) is 8.57. The molecule has 0 aliphatic carbocycles. The van der Waals surface area contributed by atoms with Crippen LogP contribution < -0.4 is 14.2 Å². The molecular formula is C45H49BrClN3O4. The molecule has 54 heavy (non-hydrogen) atoms. The van der Waals surface area contributed by atoms with Gasteiger partial charge >= 0.3 is 0 Å². The van der Waals surface area contributed by atoms with Gasteiger partial charge in [-0.05, 0) is 96.0 Å². The highest BCUT2D eigenvalue weighted by Crippen LogP contribution is 2.35. The molecule has 1 fully saturated rings. The normalized spacial score (nSPS) is 13.4. The van der Waals surface area contributed by atoms with E-state index in [4.69, 9.17) is 25.8 Å². The average molecular weight is 811 g/mol. The largest absolute Gasteiger partial charge is 0.489 e. The van der Waals surface area contributed by atoms with Crippen LogP contribution in [0.25, 0.3) is 5.57 Å². The molecule has 282 valence electrons. The molecule has 7 nitrogen and oxygen atoms in total. The van der Waals surface area contributed by atoms with Gasteiger partial charge in [-0.25, -0.2) is 4.98 Å². The summed E-state index contributed by atoms with van der Waals surface area (Å²) in [7, 11) is 0. The number of halogens is 2. The standard InChI is InChI=1S/C45H48ClN3O4.BrH/c1-31(2)38-14-16-40(17-15-38)51-29-37-12-10-35(11-13-37)28-48-20-22-49(23-21-48)44(50)25-33(4)39-24-34(5)45(42(46)26-39)53-43-19-18-41(27-47-43)52-30-36-8-6-32(3)7-9-36;/h6-19,24-27,31H,20-23,28-30H2,1-5H3;1H. The number of nitrogens with zero attached hydrogens (tertiary/aromatic N) is 3. The lowest BCUT2D eigenvalue weighted by molar-refractivity contribution is -0.127. The van der Waals surface area contributed by atoms with E-state index in [1.807, 2.05) is 49.1 Å². The summed E-state index contributed by atoms with van der Waals surface area (Å²) in [5, 5.41) is 0.451. The molecule has 4 aromatic carbocycles. The Balaban J connectivity index is 0.00000561. The summed E-state index contributed by atoms with van der Waals surface area (Å²) in [6.45, 7) is 15.2. The Labute approximate surface area is 335 Å². The Morgan fingerprint density at radius 3 is 1.98 bits per heavy atom. The van der Waals surface area contributed by atoms with E-state index in [0.29, 0.717) is 54.6 Å². The van der Waals surface area contributed by atoms with Crippen LogP contribution in [0.15, 0.2) is 109 Å². The molecule has 9 heteroatoms. The highest BCUT2D eigenvalue weighted by molar-refractivity contribution is 8.93. The fourth-order valence-electron chi connectivity index (χ4n) is 6.16. The number of piperazine rings is 1. The van der Waals surface area contributed by atoms with E-state index < -0.39 is 0 Å². The van der Waals surface area contributed by atoms with E-state index in [1.165, 1.54) is 16.7 Å². The SMILES string of the molecule is Br.CC(=CC(=O)N1CCN(Cc2ccc(COc3ccc(C(C)C)cc3)cc2)CC1)c1cc(C)c(Oc2ccc(OCc3ccc(C)cc3)cn2)c(Cl)c1. The van der Waals surface area contributed by atoms with E-state index in [1.54, 1.807) is 18.3 Å². The number of aromatic nitrogens is 1. The van der Waals surface area contributed by atoms with E-state index in [0.717, 1.165) is 53.2 Å².